The van der Waals surface area contributed by atoms with E-state index >= 15 is 0 Å². The second kappa shape index (κ2) is 8.21. The quantitative estimate of drug-likeness (QED) is 0.656. The van der Waals surface area contributed by atoms with Crippen LogP contribution < -0.4 is 5.32 Å². The molecule has 0 spiro atoms. The number of hydrogen-bond donors (Lipinski definition) is 1. The Kier molecular flexibility index (Phi) is 5.88. The van der Waals surface area contributed by atoms with Gasteiger partial charge in [-0.15, -0.1) is 0 Å². The Labute approximate surface area is 171 Å². The van der Waals surface area contributed by atoms with Crippen LogP contribution in [-0.4, -0.2) is 23.9 Å². The van der Waals surface area contributed by atoms with Crippen LogP contribution >= 0.6 is 0 Å². The zero-order chi connectivity index (χ0) is 21.2. The summed E-state index contributed by atoms with van der Waals surface area (Å²) in [6.07, 6.45) is 3.86. The molecule has 6 nitrogen and oxygen atoms in total. The number of nitrogens with zero attached hydrogens (tertiary/aromatic N) is 2. The highest BCUT2D eigenvalue weighted by Crippen LogP contribution is 2.35. The maximum absolute atomic E-state index is 13.5. The number of carbonyl (C=O) groups is 1. The molecule has 2 heterocycles. The second-order valence-corrected chi connectivity index (χ2v) is 8.93. The van der Waals surface area contributed by atoms with Gasteiger partial charge in [-0.2, -0.15) is 0 Å². The minimum atomic E-state index is -3.81. The normalized spacial score (nSPS) is 11.4. The number of sulfone groups is 1. The molecule has 0 saturated carbocycles. The number of anilines is 1. The maximum Gasteiger partial charge on any atom is 0.256 e. The fraction of sp³-hybridized carbons (Fsp3) is 0.273. The summed E-state index contributed by atoms with van der Waals surface area (Å²) < 4.78 is 28.9. The van der Waals surface area contributed by atoms with E-state index in [0.717, 1.165) is 17.7 Å². The molecule has 1 aromatic carbocycles. The first kappa shape index (κ1) is 20.8. The van der Waals surface area contributed by atoms with Gasteiger partial charge in [-0.3, -0.25) is 9.78 Å². The highest BCUT2D eigenvalue weighted by atomic mass is 32.2. The van der Waals surface area contributed by atoms with Gasteiger partial charge in [0.1, 0.15) is 10.7 Å². The lowest BCUT2D eigenvalue weighted by Gasteiger charge is -2.14. The summed E-state index contributed by atoms with van der Waals surface area (Å²) in [4.78, 5) is 17.1. The van der Waals surface area contributed by atoms with E-state index in [1.165, 1.54) is 12.4 Å². The van der Waals surface area contributed by atoms with Crippen molar-refractivity contribution in [1.82, 2.24) is 9.55 Å². The van der Waals surface area contributed by atoms with Crippen molar-refractivity contribution < 1.29 is 13.2 Å². The molecule has 0 saturated heterocycles. The Morgan fingerprint density at radius 2 is 1.66 bits per heavy atom. The topological polar surface area (TPSA) is 81.1 Å². The van der Waals surface area contributed by atoms with Gasteiger partial charge in [-0.25, -0.2) is 8.42 Å². The van der Waals surface area contributed by atoms with Crippen molar-refractivity contribution in [3.63, 3.8) is 0 Å². The lowest BCUT2D eigenvalue weighted by atomic mass is 10.2. The molecular weight excluding hydrogens is 386 g/mol. The average molecular weight is 412 g/mol. The van der Waals surface area contributed by atoms with Gasteiger partial charge in [0.05, 0.1) is 4.90 Å². The molecule has 29 heavy (non-hydrogen) atoms. The number of rotatable bonds is 6. The van der Waals surface area contributed by atoms with Crippen molar-refractivity contribution in [3.05, 3.63) is 71.2 Å². The van der Waals surface area contributed by atoms with Crippen LogP contribution in [0.1, 0.15) is 40.5 Å². The van der Waals surface area contributed by atoms with Crippen LogP contribution in [0.3, 0.4) is 0 Å². The van der Waals surface area contributed by atoms with Crippen LogP contribution in [0.4, 0.5) is 5.82 Å². The van der Waals surface area contributed by atoms with Crippen LogP contribution in [0.15, 0.2) is 58.6 Å². The number of carbonyl (C=O) groups excluding carboxylic acids is 1. The van der Waals surface area contributed by atoms with Crippen molar-refractivity contribution in [2.75, 3.05) is 5.32 Å². The fourth-order valence-electron chi connectivity index (χ4n) is 3.31. The Hall–Kier alpha value is -2.93. The number of benzene rings is 1. The van der Waals surface area contributed by atoms with Gasteiger partial charge in [0, 0.05) is 30.2 Å². The Bertz CT molecular complexity index is 1130. The largest absolute Gasteiger partial charge is 0.331 e. The Morgan fingerprint density at radius 1 is 1.03 bits per heavy atom. The standard InChI is InChI=1S/C22H25N3O3S/c1-5-14-25-17(4)16(3)20(29(27,28)19-8-6-15(2)7-9-19)21(25)24-22(26)18-10-12-23-13-11-18/h6-13H,5,14H2,1-4H3,(H,24,26). The number of amides is 1. The third kappa shape index (κ3) is 3.96. The van der Waals surface area contributed by atoms with E-state index < -0.39 is 9.84 Å². The Balaban J connectivity index is 2.17. The zero-order valence-corrected chi connectivity index (χ0v) is 17.9. The Morgan fingerprint density at radius 3 is 2.24 bits per heavy atom. The molecule has 0 unspecified atom stereocenters. The van der Waals surface area contributed by atoms with Crippen molar-refractivity contribution in [2.24, 2.45) is 0 Å². The summed E-state index contributed by atoms with van der Waals surface area (Å²) in [6, 6.07) is 9.93. The van der Waals surface area contributed by atoms with Gasteiger partial charge >= 0.3 is 0 Å². The van der Waals surface area contributed by atoms with E-state index in [4.69, 9.17) is 0 Å². The minimum Gasteiger partial charge on any atom is -0.331 e. The van der Waals surface area contributed by atoms with Gasteiger partial charge in [0.25, 0.3) is 5.91 Å². The summed E-state index contributed by atoms with van der Waals surface area (Å²) in [7, 11) is -3.81. The first-order chi connectivity index (χ1) is 13.8. The van der Waals surface area contributed by atoms with Crippen LogP contribution in [0.5, 0.6) is 0 Å². The lowest BCUT2D eigenvalue weighted by molar-refractivity contribution is 0.102. The number of pyridine rings is 1. The third-order valence-electron chi connectivity index (χ3n) is 4.99. The van der Waals surface area contributed by atoms with Crippen LogP contribution in [0, 0.1) is 20.8 Å². The molecule has 0 aliphatic heterocycles. The van der Waals surface area contributed by atoms with Crippen molar-refractivity contribution >= 4 is 21.6 Å². The van der Waals surface area contributed by atoms with E-state index in [1.807, 2.05) is 25.3 Å². The van der Waals surface area contributed by atoms with Crippen LogP contribution in [0.2, 0.25) is 0 Å². The van der Waals surface area contributed by atoms with E-state index in [2.05, 4.69) is 10.3 Å². The number of aromatic nitrogens is 2. The van der Waals surface area contributed by atoms with Crippen molar-refractivity contribution in [1.29, 1.82) is 0 Å². The molecule has 2 aromatic heterocycles. The van der Waals surface area contributed by atoms with Crippen LogP contribution in [0.25, 0.3) is 0 Å². The number of aryl methyl sites for hydroxylation is 1. The summed E-state index contributed by atoms with van der Waals surface area (Å²) >= 11 is 0. The smallest absolute Gasteiger partial charge is 0.256 e. The summed E-state index contributed by atoms with van der Waals surface area (Å²) in [5.74, 6) is -0.0631. The highest BCUT2D eigenvalue weighted by Gasteiger charge is 2.30. The minimum absolute atomic E-state index is 0.148. The maximum atomic E-state index is 13.5. The van der Waals surface area contributed by atoms with Gasteiger partial charge in [-0.1, -0.05) is 24.6 Å². The van der Waals surface area contributed by atoms with Gasteiger partial charge in [0.2, 0.25) is 9.84 Å². The predicted octanol–water partition coefficient (Wildman–Crippen LogP) is 4.30. The van der Waals surface area contributed by atoms with E-state index in [1.54, 1.807) is 43.3 Å². The third-order valence-corrected chi connectivity index (χ3v) is 6.92. The van der Waals surface area contributed by atoms with E-state index in [0.29, 0.717) is 23.5 Å². The molecule has 0 radical (unpaired) electrons. The predicted molar refractivity (Wildman–Crippen MR) is 113 cm³/mol. The summed E-state index contributed by atoms with van der Waals surface area (Å²) in [5, 5.41) is 2.85. The average Bonchev–Trinajstić information content (AvgIpc) is 2.94. The van der Waals surface area contributed by atoms with E-state index in [-0.39, 0.29) is 15.7 Å². The molecule has 0 aliphatic carbocycles. The molecule has 152 valence electrons. The highest BCUT2D eigenvalue weighted by molar-refractivity contribution is 7.91. The molecule has 0 atom stereocenters. The molecule has 7 heteroatoms. The van der Waals surface area contributed by atoms with E-state index in [9.17, 15) is 13.2 Å². The van der Waals surface area contributed by atoms with Gasteiger partial charge in [0.15, 0.2) is 0 Å². The van der Waals surface area contributed by atoms with Gasteiger partial charge < -0.3 is 9.88 Å². The molecular formula is C22H25N3O3S. The molecule has 1 N–H and O–H groups in total. The fourth-order valence-corrected chi connectivity index (χ4v) is 5.01. The molecule has 0 aliphatic rings. The SMILES string of the molecule is CCCn1c(C)c(C)c(S(=O)(=O)c2ccc(C)cc2)c1NC(=O)c1ccncc1. The van der Waals surface area contributed by atoms with Gasteiger partial charge in [-0.05, 0) is 57.0 Å². The second-order valence-electron chi connectivity index (χ2n) is 7.05. The first-order valence-corrected chi connectivity index (χ1v) is 11.0. The molecule has 3 aromatic rings. The molecule has 0 bridgehead atoms. The first-order valence-electron chi connectivity index (χ1n) is 9.50. The summed E-state index contributed by atoms with van der Waals surface area (Å²) in [5.41, 5.74) is 2.86. The van der Waals surface area contributed by atoms with Crippen LogP contribution in [-0.2, 0) is 16.4 Å². The number of nitrogens with one attached hydrogen (secondary N) is 1. The van der Waals surface area contributed by atoms with Crippen molar-refractivity contribution in [3.8, 4) is 0 Å². The monoisotopic (exact) mass is 411 g/mol. The summed E-state index contributed by atoms with van der Waals surface area (Å²) in [6.45, 7) is 8.18. The molecule has 3 rings (SSSR count). The lowest BCUT2D eigenvalue weighted by Crippen LogP contribution is -2.18. The van der Waals surface area contributed by atoms with Crippen molar-refractivity contribution in [2.45, 2.75) is 50.5 Å². The molecule has 1 amide bonds. The zero-order valence-electron chi connectivity index (χ0n) is 17.1. The number of hydrogen-bond acceptors (Lipinski definition) is 4. The molecule has 0 fully saturated rings.